The highest BCUT2D eigenvalue weighted by Crippen LogP contribution is 2.20. The molecule has 17 heavy (non-hydrogen) atoms. The number of nitrogens with zero attached hydrogens (tertiary/aromatic N) is 3. The van der Waals surface area contributed by atoms with Crippen molar-refractivity contribution in [2.24, 2.45) is 0 Å². The van der Waals surface area contributed by atoms with Crippen LogP contribution in [-0.2, 0) is 6.54 Å². The van der Waals surface area contributed by atoms with Gasteiger partial charge in [-0.2, -0.15) is 0 Å². The number of aromatic nitrogens is 3. The third-order valence-electron chi connectivity index (χ3n) is 2.30. The van der Waals surface area contributed by atoms with Crippen molar-refractivity contribution in [1.82, 2.24) is 20.3 Å². The Balaban J connectivity index is 2.32. The zero-order valence-corrected chi connectivity index (χ0v) is 9.64. The van der Waals surface area contributed by atoms with Crippen molar-refractivity contribution in [3.05, 3.63) is 35.9 Å². The summed E-state index contributed by atoms with van der Waals surface area (Å²) in [4.78, 5) is 0. The number of hydrogen-bond acceptors (Lipinski definition) is 4. The summed E-state index contributed by atoms with van der Waals surface area (Å²) in [7, 11) is 3.26. The van der Waals surface area contributed by atoms with Gasteiger partial charge in [0.25, 0.3) is 0 Å². The molecule has 0 unspecified atom stereocenters. The minimum absolute atomic E-state index is 0.188. The van der Waals surface area contributed by atoms with Crippen molar-refractivity contribution in [3.8, 4) is 11.4 Å². The molecule has 90 valence electrons. The minimum Gasteiger partial charge on any atom is -0.494 e. The third kappa shape index (κ3) is 2.42. The zero-order chi connectivity index (χ0) is 12.3. The van der Waals surface area contributed by atoms with E-state index in [0.717, 1.165) is 5.69 Å². The van der Waals surface area contributed by atoms with Gasteiger partial charge in [-0.05, 0) is 19.2 Å². The van der Waals surface area contributed by atoms with Crippen LogP contribution in [0.15, 0.2) is 24.4 Å². The van der Waals surface area contributed by atoms with Gasteiger partial charge < -0.3 is 10.1 Å². The number of benzene rings is 1. The summed E-state index contributed by atoms with van der Waals surface area (Å²) in [6.45, 7) is 0.637. The molecule has 0 radical (unpaired) electrons. The van der Waals surface area contributed by atoms with Gasteiger partial charge in [-0.25, -0.2) is 9.07 Å². The molecule has 0 aliphatic heterocycles. The summed E-state index contributed by atoms with van der Waals surface area (Å²) < 4.78 is 19.7. The molecule has 0 saturated carbocycles. The first kappa shape index (κ1) is 11.5. The predicted octanol–water partition coefficient (Wildman–Crippen LogP) is 1.13. The van der Waals surface area contributed by atoms with Crippen molar-refractivity contribution < 1.29 is 9.13 Å². The van der Waals surface area contributed by atoms with Gasteiger partial charge in [0.05, 0.1) is 24.7 Å². The molecule has 0 saturated heterocycles. The average molecular weight is 236 g/mol. The van der Waals surface area contributed by atoms with Gasteiger partial charge in [0.15, 0.2) is 11.6 Å². The number of hydrogen-bond donors (Lipinski definition) is 1. The van der Waals surface area contributed by atoms with Gasteiger partial charge in [-0.1, -0.05) is 5.21 Å². The van der Waals surface area contributed by atoms with E-state index in [2.05, 4.69) is 15.6 Å². The highest BCUT2D eigenvalue weighted by molar-refractivity contribution is 5.39. The number of halogens is 1. The highest BCUT2D eigenvalue weighted by Gasteiger charge is 2.06. The fourth-order valence-corrected chi connectivity index (χ4v) is 1.48. The van der Waals surface area contributed by atoms with Gasteiger partial charge in [0.2, 0.25) is 0 Å². The molecular weight excluding hydrogens is 223 g/mol. The van der Waals surface area contributed by atoms with E-state index in [4.69, 9.17) is 4.74 Å². The van der Waals surface area contributed by atoms with Crippen LogP contribution in [0.25, 0.3) is 5.69 Å². The summed E-state index contributed by atoms with van der Waals surface area (Å²) >= 11 is 0. The van der Waals surface area contributed by atoms with Crippen LogP contribution in [0.2, 0.25) is 0 Å². The Hall–Kier alpha value is -1.95. The Morgan fingerprint density at radius 1 is 1.47 bits per heavy atom. The quantitative estimate of drug-likeness (QED) is 0.864. The molecular formula is C11H13FN4O. The molecule has 0 atom stereocenters. The molecule has 5 nitrogen and oxygen atoms in total. The smallest absolute Gasteiger partial charge is 0.165 e. The van der Waals surface area contributed by atoms with Crippen molar-refractivity contribution in [2.45, 2.75) is 6.54 Å². The summed E-state index contributed by atoms with van der Waals surface area (Å²) in [6, 6.07) is 4.54. The molecule has 2 aromatic rings. The summed E-state index contributed by atoms with van der Waals surface area (Å²) in [5, 5.41) is 10.9. The Bertz CT molecular complexity index is 512. The van der Waals surface area contributed by atoms with E-state index in [1.807, 2.05) is 7.05 Å². The lowest BCUT2D eigenvalue weighted by Gasteiger charge is -2.04. The molecule has 1 aromatic carbocycles. The van der Waals surface area contributed by atoms with E-state index < -0.39 is 5.82 Å². The molecule has 0 aliphatic rings. The van der Waals surface area contributed by atoms with Gasteiger partial charge in [-0.3, -0.25) is 0 Å². The second kappa shape index (κ2) is 4.92. The first-order chi connectivity index (χ1) is 8.24. The second-order valence-corrected chi connectivity index (χ2v) is 3.50. The maximum Gasteiger partial charge on any atom is 0.165 e. The largest absolute Gasteiger partial charge is 0.494 e. The first-order valence-electron chi connectivity index (χ1n) is 5.14. The maximum atomic E-state index is 13.2. The number of ether oxygens (including phenoxy) is 1. The van der Waals surface area contributed by atoms with Crippen molar-refractivity contribution in [3.63, 3.8) is 0 Å². The Morgan fingerprint density at radius 3 is 3.00 bits per heavy atom. The van der Waals surface area contributed by atoms with E-state index in [-0.39, 0.29) is 5.75 Å². The Kier molecular flexibility index (Phi) is 3.34. The lowest BCUT2D eigenvalue weighted by Crippen LogP contribution is -2.05. The van der Waals surface area contributed by atoms with E-state index >= 15 is 0 Å². The van der Waals surface area contributed by atoms with Gasteiger partial charge >= 0.3 is 0 Å². The van der Waals surface area contributed by atoms with E-state index in [1.165, 1.54) is 13.2 Å². The topological polar surface area (TPSA) is 52.0 Å². The van der Waals surface area contributed by atoms with Gasteiger partial charge in [0.1, 0.15) is 0 Å². The van der Waals surface area contributed by atoms with Crippen LogP contribution < -0.4 is 10.1 Å². The molecule has 6 heteroatoms. The van der Waals surface area contributed by atoms with Crippen molar-refractivity contribution in [1.29, 1.82) is 0 Å². The fraction of sp³-hybridized carbons (Fsp3) is 0.273. The zero-order valence-electron chi connectivity index (χ0n) is 9.64. The lowest BCUT2D eigenvalue weighted by molar-refractivity contribution is 0.386. The van der Waals surface area contributed by atoms with Crippen LogP contribution in [0.4, 0.5) is 4.39 Å². The molecule has 1 heterocycles. The Labute approximate surface area is 98.2 Å². The third-order valence-corrected chi connectivity index (χ3v) is 2.30. The van der Waals surface area contributed by atoms with Gasteiger partial charge in [0, 0.05) is 12.6 Å². The Morgan fingerprint density at radius 2 is 2.29 bits per heavy atom. The lowest BCUT2D eigenvalue weighted by atomic mass is 10.3. The second-order valence-electron chi connectivity index (χ2n) is 3.50. The molecule has 1 N–H and O–H groups in total. The molecule has 0 spiro atoms. The first-order valence-corrected chi connectivity index (χ1v) is 5.14. The van der Waals surface area contributed by atoms with Crippen LogP contribution in [0.1, 0.15) is 5.69 Å². The van der Waals surface area contributed by atoms with Crippen LogP contribution in [0.3, 0.4) is 0 Å². The van der Waals surface area contributed by atoms with E-state index in [0.29, 0.717) is 12.2 Å². The SMILES string of the molecule is CNCc1cn(-c2ccc(F)c(OC)c2)nn1. The summed E-state index contributed by atoms with van der Waals surface area (Å²) in [5.41, 5.74) is 1.52. The molecule has 2 rings (SSSR count). The number of rotatable bonds is 4. The van der Waals surface area contributed by atoms with Gasteiger partial charge in [-0.15, -0.1) is 5.10 Å². The van der Waals surface area contributed by atoms with Crippen molar-refractivity contribution >= 4 is 0 Å². The van der Waals surface area contributed by atoms with E-state index in [9.17, 15) is 4.39 Å². The van der Waals surface area contributed by atoms with Crippen LogP contribution in [0, 0.1) is 5.82 Å². The molecule has 0 fully saturated rings. The normalized spacial score (nSPS) is 10.5. The van der Waals surface area contributed by atoms with Crippen LogP contribution in [-0.4, -0.2) is 29.2 Å². The standard InChI is InChI=1S/C11H13FN4O/c1-13-6-8-7-16(15-14-8)9-3-4-10(12)11(5-9)17-2/h3-5,7,13H,6H2,1-2H3. The van der Waals surface area contributed by atoms with Crippen LogP contribution in [0.5, 0.6) is 5.75 Å². The fourth-order valence-electron chi connectivity index (χ4n) is 1.48. The summed E-state index contributed by atoms with van der Waals surface area (Å²) in [5.74, 6) is -0.208. The minimum atomic E-state index is -0.396. The molecule has 0 bridgehead atoms. The monoisotopic (exact) mass is 236 g/mol. The maximum absolute atomic E-state index is 13.2. The average Bonchev–Trinajstić information content (AvgIpc) is 2.79. The molecule has 0 amide bonds. The number of methoxy groups -OCH3 is 1. The molecule has 1 aromatic heterocycles. The summed E-state index contributed by atoms with van der Waals surface area (Å²) in [6.07, 6.45) is 1.78. The van der Waals surface area contributed by atoms with E-state index in [1.54, 1.807) is 23.0 Å². The predicted molar refractivity (Wildman–Crippen MR) is 60.6 cm³/mol. The van der Waals surface area contributed by atoms with Crippen molar-refractivity contribution in [2.75, 3.05) is 14.2 Å². The number of nitrogens with one attached hydrogen (secondary N) is 1. The van der Waals surface area contributed by atoms with Crippen LogP contribution >= 0.6 is 0 Å². The molecule has 0 aliphatic carbocycles. The highest BCUT2D eigenvalue weighted by atomic mass is 19.1.